The summed E-state index contributed by atoms with van der Waals surface area (Å²) in [5.41, 5.74) is -0.756. The summed E-state index contributed by atoms with van der Waals surface area (Å²) in [4.78, 5) is 15.8. The van der Waals surface area contributed by atoms with Gasteiger partial charge in [-0.05, 0) is 53.9 Å². The molecule has 2 atom stereocenters. The molecule has 0 spiro atoms. The summed E-state index contributed by atoms with van der Waals surface area (Å²) in [6.45, 7) is 2.62. The number of likely N-dealkylation sites (N-methyl/N-ethyl adjacent to an activating group) is 1. The quantitative estimate of drug-likeness (QED) is 0.859. The fourth-order valence-electron chi connectivity index (χ4n) is 2.49. The molecule has 1 aromatic heterocycles. The van der Waals surface area contributed by atoms with Gasteiger partial charge < -0.3 is 10.4 Å². The van der Waals surface area contributed by atoms with Gasteiger partial charge in [-0.25, -0.2) is 4.98 Å². The molecule has 1 saturated carbocycles. The second-order valence-corrected chi connectivity index (χ2v) is 6.83. The Hall–Kier alpha value is -0.590. The highest BCUT2D eigenvalue weighted by Gasteiger charge is 2.45. The zero-order valence-corrected chi connectivity index (χ0v) is 13.1. The van der Waals surface area contributed by atoms with Crippen LogP contribution in [0.25, 0.3) is 0 Å². The first-order valence-electron chi connectivity index (χ1n) is 6.33. The number of nitrogens with zero attached hydrogens (tertiary/aromatic N) is 1. The number of halogens is 1. The largest absolute Gasteiger partial charge is 0.480 e. The molecule has 1 fully saturated rings. The van der Waals surface area contributed by atoms with E-state index >= 15 is 0 Å². The first-order valence-corrected chi connectivity index (χ1v) is 8.00. The van der Waals surface area contributed by atoms with Crippen LogP contribution in [0.2, 0.25) is 0 Å². The summed E-state index contributed by atoms with van der Waals surface area (Å²) in [5.74, 6) is -0.738. The molecule has 0 aromatic carbocycles. The smallest absolute Gasteiger partial charge is 0.323 e. The van der Waals surface area contributed by atoms with Gasteiger partial charge >= 0.3 is 5.97 Å². The van der Waals surface area contributed by atoms with E-state index in [1.165, 1.54) is 0 Å². The maximum absolute atomic E-state index is 11.5. The van der Waals surface area contributed by atoms with E-state index in [2.05, 4.69) is 26.2 Å². The van der Waals surface area contributed by atoms with E-state index in [0.717, 1.165) is 15.9 Å². The summed E-state index contributed by atoms with van der Waals surface area (Å²) in [5, 5.41) is 13.8. The number of carboxylic acid groups (broad SMARTS) is 1. The van der Waals surface area contributed by atoms with Crippen molar-refractivity contribution in [3.05, 3.63) is 22.8 Å². The summed E-state index contributed by atoms with van der Waals surface area (Å²) in [6, 6.07) is 3.84. The van der Waals surface area contributed by atoms with Crippen LogP contribution in [0.5, 0.6) is 0 Å². The average molecular weight is 345 g/mol. The highest BCUT2D eigenvalue weighted by Crippen LogP contribution is 2.41. The Balaban J connectivity index is 2.06. The number of nitrogens with one attached hydrogen (secondary N) is 1. The minimum absolute atomic E-state index is 0.293. The molecule has 1 aliphatic rings. The molecule has 1 heterocycles. The molecular weight excluding hydrogens is 328 g/mol. The van der Waals surface area contributed by atoms with Crippen molar-refractivity contribution in [3.63, 3.8) is 0 Å². The second-order valence-electron chi connectivity index (χ2n) is 4.69. The van der Waals surface area contributed by atoms with Crippen LogP contribution >= 0.6 is 27.7 Å². The zero-order valence-electron chi connectivity index (χ0n) is 10.7. The molecule has 0 bridgehead atoms. The zero-order chi connectivity index (χ0) is 13.9. The van der Waals surface area contributed by atoms with Crippen molar-refractivity contribution in [2.24, 2.45) is 0 Å². The van der Waals surface area contributed by atoms with E-state index < -0.39 is 11.5 Å². The predicted octanol–water partition coefficient (Wildman–Crippen LogP) is 2.92. The van der Waals surface area contributed by atoms with E-state index in [1.807, 2.05) is 19.1 Å². The monoisotopic (exact) mass is 344 g/mol. The van der Waals surface area contributed by atoms with Gasteiger partial charge in [0, 0.05) is 15.9 Å². The molecule has 0 radical (unpaired) electrons. The highest BCUT2D eigenvalue weighted by atomic mass is 79.9. The molecule has 4 nitrogen and oxygen atoms in total. The molecule has 0 saturated heterocycles. The van der Waals surface area contributed by atoms with Gasteiger partial charge in [0.25, 0.3) is 0 Å². The van der Waals surface area contributed by atoms with E-state index in [-0.39, 0.29) is 0 Å². The van der Waals surface area contributed by atoms with Crippen molar-refractivity contribution in [2.75, 3.05) is 6.54 Å². The standard InChI is InChI=1S/C13H17BrN2O2S/c1-2-16-13(12(17)18)6-5-9(8-13)19-11-10(14)4-3-7-15-11/h3-4,7,9,16H,2,5-6,8H2,1H3,(H,17,18). The number of pyridine rings is 1. The SMILES string of the molecule is CCNC1(C(=O)O)CCC(Sc2ncccc2Br)C1. The minimum Gasteiger partial charge on any atom is -0.480 e. The van der Waals surface area contributed by atoms with E-state index in [4.69, 9.17) is 0 Å². The number of carbonyl (C=O) groups is 1. The third kappa shape index (κ3) is 3.30. The Morgan fingerprint density at radius 1 is 1.74 bits per heavy atom. The van der Waals surface area contributed by atoms with Crippen LogP contribution in [0.1, 0.15) is 26.2 Å². The number of rotatable bonds is 5. The first kappa shape index (κ1) is 14.8. The number of aliphatic carboxylic acids is 1. The highest BCUT2D eigenvalue weighted by molar-refractivity contribution is 9.10. The van der Waals surface area contributed by atoms with Crippen LogP contribution in [0.4, 0.5) is 0 Å². The van der Waals surface area contributed by atoms with Crippen LogP contribution in [-0.4, -0.2) is 33.4 Å². The number of hydrogen-bond acceptors (Lipinski definition) is 4. The third-order valence-corrected chi connectivity index (χ3v) is 5.58. The molecule has 0 amide bonds. The Bertz CT molecular complexity index is 472. The van der Waals surface area contributed by atoms with Gasteiger partial charge in [0.2, 0.25) is 0 Å². The van der Waals surface area contributed by atoms with Crippen LogP contribution in [0.3, 0.4) is 0 Å². The summed E-state index contributed by atoms with van der Waals surface area (Å²) >= 11 is 5.14. The lowest BCUT2D eigenvalue weighted by Gasteiger charge is -2.25. The van der Waals surface area contributed by atoms with Gasteiger partial charge in [0.05, 0.1) is 0 Å². The topological polar surface area (TPSA) is 62.2 Å². The van der Waals surface area contributed by atoms with Gasteiger partial charge in [-0.2, -0.15) is 0 Å². The van der Waals surface area contributed by atoms with E-state index in [1.54, 1.807) is 18.0 Å². The number of thioether (sulfide) groups is 1. The predicted molar refractivity (Wildman–Crippen MR) is 79.5 cm³/mol. The third-order valence-electron chi connectivity index (χ3n) is 3.40. The van der Waals surface area contributed by atoms with Crippen molar-refractivity contribution < 1.29 is 9.90 Å². The lowest BCUT2D eigenvalue weighted by atomic mass is 9.98. The van der Waals surface area contributed by atoms with Crippen molar-refractivity contribution in [1.82, 2.24) is 10.3 Å². The molecule has 104 valence electrons. The van der Waals surface area contributed by atoms with Gasteiger partial charge in [0.1, 0.15) is 10.6 Å². The molecule has 1 aliphatic carbocycles. The Kier molecular flexibility index (Phi) is 4.86. The number of aromatic nitrogens is 1. The Morgan fingerprint density at radius 2 is 2.53 bits per heavy atom. The minimum atomic E-state index is -0.756. The number of hydrogen-bond donors (Lipinski definition) is 2. The van der Waals surface area contributed by atoms with Crippen molar-refractivity contribution in [1.29, 1.82) is 0 Å². The molecular formula is C13H17BrN2O2S. The first-order chi connectivity index (χ1) is 9.07. The van der Waals surface area contributed by atoms with Crippen LogP contribution in [0, 0.1) is 0 Å². The van der Waals surface area contributed by atoms with Crippen molar-refractivity contribution in [3.8, 4) is 0 Å². The Morgan fingerprint density at radius 3 is 3.16 bits per heavy atom. The van der Waals surface area contributed by atoms with Crippen LogP contribution in [-0.2, 0) is 4.79 Å². The molecule has 19 heavy (non-hydrogen) atoms. The summed E-state index contributed by atoms with van der Waals surface area (Å²) < 4.78 is 0.969. The van der Waals surface area contributed by atoms with E-state index in [0.29, 0.717) is 24.6 Å². The lowest BCUT2D eigenvalue weighted by molar-refractivity contribution is -0.144. The summed E-state index contributed by atoms with van der Waals surface area (Å²) in [6.07, 6.45) is 3.98. The Labute approximate surface area is 125 Å². The van der Waals surface area contributed by atoms with E-state index in [9.17, 15) is 9.90 Å². The summed E-state index contributed by atoms with van der Waals surface area (Å²) in [7, 11) is 0. The fourth-order valence-corrected chi connectivity index (χ4v) is 4.24. The van der Waals surface area contributed by atoms with Crippen molar-refractivity contribution >= 4 is 33.7 Å². The van der Waals surface area contributed by atoms with Gasteiger partial charge in [-0.3, -0.25) is 4.79 Å². The normalized spacial score (nSPS) is 26.5. The molecule has 1 aromatic rings. The molecule has 2 unspecified atom stereocenters. The maximum Gasteiger partial charge on any atom is 0.323 e. The van der Waals surface area contributed by atoms with Crippen LogP contribution < -0.4 is 5.32 Å². The van der Waals surface area contributed by atoms with Gasteiger partial charge in [0.15, 0.2) is 0 Å². The number of carboxylic acids is 1. The molecule has 0 aliphatic heterocycles. The maximum atomic E-state index is 11.5. The van der Waals surface area contributed by atoms with Gasteiger partial charge in [-0.1, -0.05) is 6.92 Å². The second kappa shape index (κ2) is 6.24. The molecule has 6 heteroatoms. The average Bonchev–Trinajstić information content (AvgIpc) is 2.77. The lowest BCUT2D eigenvalue weighted by Crippen LogP contribution is -2.50. The fraction of sp³-hybridized carbons (Fsp3) is 0.538. The molecule has 2 N–H and O–H groups in total. The van der Waals surface area contributed by atoms with Crippen molar-refractivity contribution in [2.45, 2.75) is 42.0 Å². The van der Waals surface area contributed by atoms with Gasteiger partial charge in [-0.15, -0.1) is 11.8 Å². The molecule has 2 rings (SSSR count). The van der Waals surface area contributed by atoms with Crippen LogP contribution in [0.15, 0.2) is 27.8 Å².